The average molecular weight is 277 g/mol. The van der Waals surface area contributed by atoms with Gasteiger partial charge in [0.25, 0.3) is 0 Å². The number of benzene rings is 1. The highest BCUT2D eigenvalue weighted by atomic mass is 16.5. The van der Waals surface area contributed by atoms with Crippen LogP contribution in [0.25, 0.3) is 0 Å². The molecule has 0 aromatic heterocycles. The van der Waals surface area contributed by atoms with Gasteiger partial charge in [-0.2, -0.15) is 0 Å². The summed E-state index contributed by atoms with van der Waals surface area (Å²) >= 11 is 0. The van der Waals surface area contributed by atoms with Crippen LogP contribution in [-0.4, -0.2) is 56.2 Å². The molecule has 4 heteroatoms. The van der Waals surface area contributed by atoms with Crippen LogP contribution in [0.2, 0.25) is 0 Å². The van der Waals surface area contributed by atoms with Crippen LogP contribution >= 0.6 is 0 Å². The van der Waals surface area contributed by atoms with E-state index in [1.165, 1.54) is 6.42 Å². The molecule has 0 bridgehead atoms. The van der Waals surface area contributed by atoms with Crippen molar-refractivity contribution in [3.05, 3.63) is 29.8 Å². The van der Waals surface area contributed by atoms with Gasteiger partial charge in [0.05, 0.1) is 6.61 Å². The van der Waals surface area contributed by atoms with Crippen LogP contribution < -0.4 is 10.5 Å². The van der Waals surface area contributed by atoms with Crippen molar-refractivity contribution in [3.8, 4) is 5.75 Å². The minimum absolute atomic E-state index is 0.0127. The monoisotopic (exact) mass is 277 g/mol. The molecule has 1 aromatic rings. The number of nitrogens with zero attached hydrogens (tertiary/aromatic N) is 2. The molecule has 0 amide bonds. The van der Waals surface area contributed by atoms with Crippen molar-refractivity contribution in [2.45, 2.75) is 25.4 Å². The lowest BCUT2D eigenvalue weighted by atomic mass is 10.1. The normalized spacial score (nSPS) is 21.4. The van der Waals surface area contributed by atoms with Gasteiger partial charge in [-0.15, -0.1) is 0 Å². The minimum atomic E-state index is 0.0127. The smallest absolute Gasteiger partial charge is 0.124 e. The van der Waals surface area contributed by atoms with Gasteiger partial charge in [0.1, 0.15) is 5.75 Å². The van der Waals surface area contributed by atoms with Crippen molar-refractivity contribution >= 4 is 0 Å². The first-order valence-corrected chi connectivity index (χ1v) is 7.48. The van der Waals surface area contributed by atoms with Gasteiger partial charge in [0.2, 0.25) is 0 Å². The Morgan fingerprint density at radius 2 is 2.15 bits per heavy atom. The fourth-order valence-electron chi connectivity index (χ4n) is 2.85. The molecule has 2 N–H and O–H groups in total. The number of hydrogen-bond donors (Lipinski definition) is 1. The number of likely N-dealkylation sites (tertiary alicyclic amines) is 1. The molecule has 20 heavy (non-hydrogen) atoms. The topological polar surface area (TPSA) is 41.7 Å². The number of rotatable bonds is 6. The maximum absolute atomic E-state index is 6.39. The summed E-state index contributed by atoms with van der Waals surface area (Å²) in [5.74, 6) is 0.922. The Bertz CT molecular complexity index is 422. The third-order valence-electron chi connectivity index (χ3n) is 4.05. The molecule has 2 atom stereocenters. The SMILES string of the molecule is CCOc1ccccc1C(N)CN1CCC(N(C)C)C1. The summed E-state index contributed by atoms with van der Waals surface area (Å²) in [4.78, 5) is 4.76. The van der Waals surface area contributed by atoms with Crippen LogP contribution in [0.3, 0.4) is 0 Å². The predicted octanol–water partition coefficient (Wildman–Crippen LogP) is 1.72. The highest BCUT2D eigenvalue weighted by Crippen LogP contribution is 2.25. The molecule has 1 aliphatic heterocycles. The average Bonchev–Trinajstić information content (AvgIpc) is 2.88. The van der Waals surface area contributed by atoms with Crippen molar-refractivity contribution in [2.24, 2.45) is 5.73 Å². The molecule has 1 aliphatic rings. The summed E-state index contributed by atoms with van der Waals surface area (Å²) < 4.78 is 5.68. The summed E-state index contributed by atoms with van der Waals surface area (Å²) in [6.45, 7) is 5.82. The first-order valence-electron chi connectivity index (χ1n) is 7.48. The van der Waals surface area contributed by atoms with Crippen LogP contribution in [0.4, 0.5) is 0 Å². The summed E-state index contributed by atoms with van der Waals surface area (Å²) in [5, 5.41) is 0. The standard InChI is InChI=1S/C16H27N3O/c1-4-20-16-8-6-5-7-14(16)15(17)12-19-10-9-13(11-19)18(2)3/h5-8,13,15H,4,9-12,17H2,1-3H3. The quantitative estimate of drug-likeness (QED) is 0.860. The second-order valence-electron chi connectivity index (χ2n) is 5.74. The van der Waals surface area contributed by atoms with Crippen LogP contribution in [0, 0.1) is 0 Å². The molecule has 2 unspecified atom stereocenters. The number of likely N-dealkylation sites (N-methyl/N-ethyl adjacent to an activating group) is 1. The van der Waals surface area contributed by atoms with Gasteiger partial charge in [-0.25, -0.2) is 0 Å². The van der Waals surface area contributed by atoms with Gasteiger partial charge in [-0.1, -0.05) is 18.2 Å². The van der Waals surface area contributed by atoms with Gasteiger partial charge in [-0.3, -0.25) is 4.90 Å². The minimum Gasteiger partial charge on any atom is -0.494 e. The molecule has 1 fully saturated rings. The van der Waals surface area contributed by atoms with Crippen molar-refractivity contribution in [3.63, 3.8) is 0 Å². The lowest BCUT2D eigenvalue weighted by Crippen LogP contribution is -2.35. The van der Waals surface area contributed by atoms with Gasteiger partial charge in [-0.05, 0) is 40.1 Å². The molecule has 0 radical (unpaired) electrons. The first kappa shape index (κ1) is 15.3. The predicted molar refractivity (Wildman–Crippen MR) is 83.1 cm³/mol. The number of hydrogen-bond acceptors (Lipinski definition) is 4. The summed E-state index contributed by atoms with van der Waals surface area (Å²) in [6.07, 6.45) is 1.23. The van der Waals surface area contributed by atoms with E-state index in [0.29, 0.717) is 12.6 Å². The third-order valence-corrected chi connectivity index (χ3v) is 4.05. The van der Waals surface area contributed by atoms with E-state index in [-0.39, 0.29) is 6.04 Å². The highest BCUT2D eigenvalue weighted by molar-refractivity contribution is 5.36. The van der Waals surface area contributed by atoms with E-state index in [9.17, 15) is 0 Å². The lowest BCUT2D eigenvalue weighted by molar-refractivity contribution is 0.258. The van der Waals surface area contributed by atoms with Gasteiger partial charge < -0.3 is 15.4 Å². The van der Waals surface area contributed by atoms with E-state index in [2.05, 4.69) is 30.0 Å². The Kier molecular flexibility index (Phi) is 5.40. The molecule has 0 saturated carbocycles. The van der Waals surface area contributed by atoms with Crippen LogP contribution in [0.1, 0.15) is 24.9 Å². The summed E-state index contributed by atoms with van der Waals surface area (Å²) in [6, 6.07) is 8.78. The van der Waals surface area contributed by atoms with E-state index in [4.69, 9.17) is 10.5 Å². The molecule has 0 spiro atoms. The van der Waals surface area contributed by atoms with Crippen molar-refractivity contribution in [1.29, 1.82) is 0 Å². The lowest BCUT2D eigenvalue weighted by Gasteiger charge is -2.24. The van der Waals surface area contributed by atoms with Crippen LogP contribution in [0.5, 0.6) is 5.75 Å². The number of nitrogens with two attached hydrogens (primary N) is 1. The van der Waals surface area contributed by atoms with Gasteiger partial charge >= 0.3 is 0 Å². The molecular weight excluding hydrogens is 250 g/mol. The van der Waals surface area contributed by atoms with E-state index in [1.807, 2.05) is 25.1 Å². The second kappa shape index (κ2) is 7.07. The fourth-order valence-corrected chi connectivity index (χ4v) is 2.85. The van der Waals surface area contributed by atoms with Gasteiger partial charge in [0, 0.05) is 30.7 Å². The second-order valence-corrected chi connectivity index (χ2v) is 5.74. The Morgan fingerprint density at radius 3 is 2.80 bits per heavy atom. The number of para-hydroxylation sites is 1. The van der Waals surface area contributed by atoms with Crippen LogP contribution in [-0.2, 0) is 0 Å². The largest absolute Gasteiger partial charge is 0.494 e. The van der Waals surface area contributed by atoms with E-state index >= 15 is 0 Å². The van der Waals surface area contributed by atoms with E-state index in [1.54, 1.807) is 0 Å². The zero-order valence-corrected chi connectivity index (χ0v) is 12.9. The van der Waals surface area contributed by atoms with Crippen molar-refractivity contribution in [2.75, 3.05) is 40.3 Å². The molecular formula is C16H27N3O. The number of ether oxygens (including phenoxy) is 1. The molecule has 1 aromatic carbocycles. The van der Waals surface area contributed by atoms with E-state index < -0.39 is 0 Å². The van der Waals surface area contributed by atoms with Gasteiger partial charge in [0.15, 0.2) is 0 Å². The third kappa shape index (κ3) is 3.72. The van der Waals surface area contributed by atoms with Crippen molar-refractivity contribution < 1.29 is 4.74 Å². The maximum Gasteiger partial charge on any atom is 0.124 e. The molecule has 1 heterocycles. The van der Waals surface area contributed by atoms with Crippen molar-refractivity contribution in [1.82, 2.24) is 9.80 Å². The Hall–Kier alpha value is -1.10. The zero-order valence-electron chi connectivity index (χ0n) is 12.9. The molecule has 0 aliphatic carbocycles. The van der Waals surface area contributed by atoms with Crippen LogP contribution in [0.15, 0.2) is 24.3 Å². The van der Waals surface area contributed by atoms with E-state index in [0.717, 1.165) is 30.9 Å². The Balaban J connectivity index is 1.97. The molecule has 1 saturated heterocycles. The highest BCUT2D eigenvalue weighted by Gasteiger charge is 2.25. The zero-order chi connectivity index (χ0) is 14.5. The molecule has 4 nitrogen and oxygen atoms in total. The fraction of sp³-hybridized carbons (Fsp3) is 0.625. The maximum atomic E-state index is 6.39. The molecule has 112 valence electrons. The Labute approximate surface area is 122 Å². The summed E-state index contributed by atoms with van der Waals surface area (Å²) in [5.41, 5.74) is 7.51. The first-order chi connectivity index (χ1) is 9.61. The Morgan fingerprint density at radius 1 is 1.40 bits per heavy atom. The summed E-state index contributed by atoms with van der Waals surface area (Å²) in [7, 11) is 4.30. The molecule has 2 rings (SSSR count).